The van der Waals surface area contributed by atoms with E-state index in [1.807, 2.05) is 37.3 Å². The van der Waals surface area contributed by atoms with Crippen LogP contribution in [0.5, 0.6) is 0 Å². The molecule has 0 spiro atoms. The number of hydrogen-bond acceptors (Lipinski definition) is 2. The lowest BCUT2D eigenvalue weighted by molar-refractivity contribution is 1.05. The third-order valence-electron chi connectivity index (χ3n) is 1.97. The SMILES string of the molecule is Cc1nc(Cl)c(I)c(-c2ccccc2)n1. The summed E-state index contributed by atoms with van der Waals surface area (Å²) in [5.41, 5.74) is 1.96. The van der Waals surface area contributed by atoms with E-state index in [1.165, 1.54) is 0 Å². The molecule has 4 heteroatoms. The van der Waals surface area contributed by atoms with Gasteiger partial charge in [-0.3, -0.25) is 0 Å². The van der Waals surface area contributed by atoms with Crippen LogP contribution in [0.15, 0.2) is 30.3 Å². The summed E-state index contributed by atoms with van der Waals surface area (Å²) in [6, 6.07) is 9.97. The van der Waals surface area contributed by atoms with E-state index in [0.29, 0.717) is 11.0 Å². The van der Waals surface area contributed by atoms with Gasteiger partial charge in [-0.05, 0) is 29.5 Å². The standard InChI is InChI=1S/C11H8ClIN2/c1-7-14-10(9(13)11(12)15-7)8-5-3-2-4-6-8/h2-6H,1H3. The fourth-order valence-electron chi connectivity index (χ4n) is 1.31. The quantitative estimate of drug-likeness (QED) is 0.588. The first-order valence-electron chi connectivity index (χ1n) is 4.43. The average Bonchev–Trinajstić information content (AvgIpc) is 2.24. The van der Waals surface area contributed by atoms with Crippen molar-refractivity contribution in [3.63, 3.8) is 0 Å². The van der Waals surface area contributed by atoms with Gasteiger partial charge in [-0.15, -0.1) is 0 Å². The third kappa shape index (κ3) is 2.29. The molecule has 0 radical (unpaired) electrons. The molecule has 0 aliphatic carbocycles. The van der Waals surface area contributed by atoms with Crippen molar-refractivity contribution in [1.29, 1.82) is 0 Å². The van der Waals surface area contributed by atoms with Gasteiger partial charge in [0, 0.05) is 5.56 Å². The van der Waals surface area contributed by atoms with Gasteiger partial charge in [0.25, 0.3) is 0 Å². The Morgan fingerprint density at radius 2 is 1.80 bits per heavy atom. The van der Waals surface area contributed by atoms with E-state index in [2.05, 4.69) is 32.6 Å². The fraction of sp³-hybridized carbons (Fsp3) is 0.0909. The lowest BCUT2D eigenvalue weighted by atomic mass is 10.1. The topological polar surface area (TPSA) is 25.8 Å². The van der Waals surface area contributed by atoms with Crippen molar-refractivity contribution in [2.24, 2.45) is 0 Å². The average molecular weight is 331 g/mol. The number of nitrogens with zero attached hydrogens (tertiary/aromatic N) is 2. The van der Waals surface area contributed by atoms with Gasteiger partial charge in [-0.25, -0.2) is 9.97 Å². The highest BCUT2D eigenvalue weighted by Crippen LogP contribution is 2.27. The Morgan fingerprint density at radius 1 is 1.13 bits per heavy atom. The van der Waals surface area contributed by atoms with Crippen molar-refractivity contribution in [3.05, 3.63) is 44.9 Å². The molecule has 2 aromatic rings. The Kier molecular flexibility index (Phi) is 3.21. The molecule has 1 aromatic carbocycles. The van der Waals surface area contributed by atoms with Crippen LogP contribution in [0.4, 0.5) is 0 Å². The van der Waals surface area contributed by atoms with Gasteiger partial charge >= 0.3 is 0 Å². The highest BCUT2D eigenvalue weighted by atomic mass is 127. The first kappa shape index (κ1) is 10.8. The second-order valence-corrected chi connectivity index (χ2v) is 4.53. The highest BCUT2D eigenvalue weighted by Gasteiger charge is 2.09. The van der Waals surface area contributed by atoms with Crippen LogP contribution in [0.2, 0.25) is 5.15 Å². The van der Waals surface area contributed by atoms with Crippen LogP contribution in [0.1, 0.15) is 5.82 Å². The molecular formula is C11H8ClIN2. The Morgan fingerprint density at radius 3 is 2.47 bits per heavy atom. The summed E-state index contributed by atoms with van der Waals surface area (Å²) in [6.07, 6.45) is 0. The van der Waals surface area contributed by atoms with Gasteiger partial charge in [0.1, 0.15) is 11.0 Å². The van der Waals surface area contributed by atoms with Crippen molar-refractivity contribution in [2.45, 2.75) is 6.92 Å². The van der Waals surface area contributed by atoms with Crippen LogP contribution in [-0.4, -0.2) is 9.97 Å². The maximum absolute atomic E-state index is 6.01. The molecule has 0 aliphatic heterocycles. The van der Waals surface area contributed by atoms with E-state index in [9.17, 15) is 0 Å². The number of halogens is 2. The van der Waals surface area contributed by atoms with Crippen LogP contribution in [0, 0.1) is 10.5 Å². The summed E-state index contributed by atoms with van der Waals surface area (Å²) >= 11 is 8.18. The Labute approximate surface area is 107 Å². The van der Waals surface area contributed by atoms with Crippen molar-refractivity contribution < 1.29 is 0 Å². The second-order valence-electron chi connectivity index (χ2n) is 3.09. The normalized spacial score (nSPS) is 10.3. The molecular weight excluding hydrogens is 322 g/mol. The molecule has 2 nitrogen and oxygen atoms in total. The largest absolute Gasteiger partial charge is 0.232 e. The molecule has 0 bridgehead atoms. The van der Waals surface area contributed by atoms with Gasteiger partial charge < -0.3 is 0 Å². The highest BCUT2D eigenvalue weighted by molar-refractivity contribution is 14.1. The molecule has 0 aliphatic rings. The maximum atomic E-state index is 6.01. The first-order chi connectivity index (χ1) is 7.18. The molecule has 0 atom stereocenters. The summed E-state index contributed by atoms with van der Waals surface area (Å²) in [5, 5.41) is 0.516. The van der Waals surface area contributed by atoms with E-state index in [4.69, 9.17) is 11.6 Å². The summed E-state index contributed by atoms with van der Waals surface area (Å²) < 4.78 is 0.895. The molecule has 0 N–H and O–H groups in total. The lowest BCUT2D eigenvalue weighted by Crippen LogP contribution is -1.96. The number of aromatic nitrogens is 2. The van der Waals surface area contributed by atoms with Crippen LogP contribution in [0.25, 0.3) is 11.3 Å². The van der Waals surface area contributed by atoms with E-state index < -0.39 is 0 Å². The maximum Gasteiger partial charge on any atom is 0.146 e. The van der Waals surface area contributed by atoms with E-state index in [-0.39, 0.29) is 0 Å². The van der Waals surface area contributed by atoms with Crippen LogP contribution >= 0.6 is 34.2 Å². The fourth-order valence-corrected chi connectivity index (χ4v) is 2.08. The van der Waals surface area contributed by atoms with Gasteiger partial charge in [0.05, 0.1) is 9.26 Å². The molecule has 0 saturated heterocycles. The first-order valence-corrected chi connectivity index (χ1v) is 5.89. The Balaban J connectivity index is 2.63. The van der Waals surface area contributed by atoms with Crippen molar-refractivity contribution >= 4 is 34.2 Å². The van der Waals surface area contributed by atoms with E-state index in [0.717, 1.165) is 14.8 Å². The zero-order valence-corrected chi connectivity index (χ0v) is 11.0. The molecule has 0 amide bonds. The molecule has 1 aromatic heterocycles. The van der Waals surface area contributed by atoms with Crippen molar-refractivity contribution in [3.8, 4) is 11.3 Å². The van der Waals surface area contributed by atoms with Crippen LogP contribution in [-0.2, 0) is 0 Å². The zero-order valence-electron chi connectivity index (χ0n) is 8.04. The summed E-state index contributed by atoms with van der Waals surface area (Å²) in [5.74, 6) is 0.694. The minimum atomic E-state index is 0.516. The third-order valence-corrected chi connectivity index (χ3v) is 3.58. The van der Waals surface area contributed by atoms with Crippen LogP contribution < -0.4 is 0 Å². The van der Waals surface area contributed by atoms with Gasteiger partial charge in [0.15, 0.2) is 0 Å². The van der Waals surface area contributed by atoms with E-state index >= 15 is 0 Å². The molecule has 0 unspecified atom stereocenters. The van der Waals surface area contributed by atoms with Crippen molar-refractivity contribution in [2.75, 3.05) is 0 Å². The Bertz CT molecular complexity index is 485. The monoisotopic (exact) mass is 330 g/mol. The number of benzene rings is 1. The molecule has 2 rings (SSSR count). The molecule has 1 heterocycles. The van der Waals surface area contributed by atoms with E-state index in [1.54, 1.807) is 0 Å². The predicted octanol–water partition coefficient (Wildman–Crippen LogP) is 3.71. The Hall–Kier alpha value is -0.680. The molecule has 0 fully saturated rings. The van der Waals surface area contributed by atoms with Gasteiger partial charge in [-0.1, -0.05) is 41.9 Å². The second kappa shape index (κ2) is 4.45. The number of hydrogen-bond donors (Lipinski definition) is 0. The smallest absolute Gasteiger partial charge is 0.146 e. The summed E-state index contributed by atoms with van der Waals surface area (Å²) in [4.78, 5) is 8.51. The summed E-state index contributed by atoms with van der Waals surface area (Å²) in [7, 11) is 0. The molecule has 76 valence electrons. The predicted molar refractivity (Wildman–Crippen MR) is 69.9 cm³/mol. The van der Waals surface area contributed by atoms with Gasteiger partial charge in [0.2, 0.25) is 0 Å². The minimum absolute atomic E-state index is 0.516. The zero-order chi connectivity index (χ0) is 10.8. The minimum Gasteiger partial charge on any atom is -0.232 e. The van der Waals surface area contributed by atoms with Gasteiger partial charge in [-0.2, -0.15) is 0 Å². The summed E-state index contributed by atoms with van der Waals surface area (Å²) in [6.45, 7) is 1.84. The number of aryl methyl sites for hydroxylation is 1. The van der Waals surface area contributed by atoms with Crippen molar-refractivity contribution in [1.82, 2.24) is 9.97 Å². The molecule has 0 saturated carbocycles. The van der Waals surface area contributed by atoms with Crippen LogP contribution in [0.3, 0.4) is 0 Å². The number of rotatable bonds is 1. The lowest BCUT2D eigenvalue weighted by Gasteiger charge is -2.05. The molecule has 15 heavy (non-hydrogen) atoms.